The molecule has 2 N–H and O–H groups in total. The molecule has 0 radical (unpaired) electrons. The SMILES string of the molecule is COCCOCCOC1(CN)CCCCCC1. The van der Waals surface area contributed by atoms with E-state index in [1.54, 1.807) is 7.11 Å². The van der Waals surface area contributed by atoms with Gasteiger partial charge in [0.2, 0.25) is 0 Å². The normalized spacial score (nSPS) is 20.1. The van der Waals surface area contributed by atoms with Gasteiger partial charge < -0.3 is 19.9 Å². The van der Waals surface area contributed by atoms with Gasteiger partial charge in [-0.05, 0) is 12.8 Å². The zero-order chi connectivity index (χ0) is 12.4. The molecule has 102 valence electrons. The highest BCUT2D eigenvalue weighted by Crippen LogP contribution is 2.29. The minimum atomic E-state index is -0.0822. The zero-order valence-electron chi connectivity index (χ0n) is 11.1. The summed E-state index contributed by atoms with van der Waals surface area (Å²) in [6.07, 6.45) is 7.30. The second kappa shape index (κ2) is 8.86. The Hall–Kier alpha value is -0.160. The van der Waals surface area contributed by atoms with E-state index < -0.39 is 0 Å². The van der Waals surface area contributed by atoms with Crippen LogP contribution in [0.5, 0.6) is 0 Å². The lowest BCUT2D eigenvalue weighted by Crippen LogP contribution is -2.41. The van der Waals surface area contributed by atoms with E-state index in [4.69, 9.17) is 19.9 Å². The highest BCUT2D eigenvalue weighted by Gasteiger charge is 2.29. The van der Waals surface area contributed by atoms with Gasteiger partial charge in [-0.15, -0.1) is 0 Å². The summed E-state index contributed by atoms with van der Waals surface area (Å²) < 4.78 is 16.3. The largest absolute Gasteiger partial charge is 0.382 e. The Balaban J connectivity index is 2.16. The first-order valence-electron chi connectivity index (χ1n) is 6.74. The highest BCUT2D eigenvalue weighted by atomic mass is 16.5. The molecule has 0 saturated heterocycles. The molecular weight excluding hydrogens is 218 g/mol. The Morgan fingerprint density at radius 3 is 2.18 bits per heavy atom. The number of rotatable bonds is 8. The first kappa shape index (κ1) is 14.9. The molecular formula is C13H27NO3. The van der Waals surface area contributed by atoms with Crippen LogP contribution in [0.4, 0.5) is 0 Å². The topological polar surface area (TPSA) is 53.7 Å². The van der Waals surface area contributed by atoms with Crippen molar-refractivity contribution in [3.8, 4) is 0 Å². The van der Waals surface area contributed by atoms with Crippen molar-refractivity contribution in [2.24, 2.45) is 5.73 Å². The van der Waals surface area contributed by atoms with Crippen molar-refractivity contribution in [1.82, 2.24) is 0 Å². The number of hydrogen-bond donors (Lipinski definition) is 1. The Morgan fingerprint density at radius 2 is 1.59 bits per heavy atom. The van der Waals surface area contributed by atoms with Crippen LogP contribution in [-0.2, 0) is 14.2 Å². The van der Waals surface area contributed by atoms with Gasteiger partial charge in [0.05, 0.1) is 32.0 Å². The van der Waals surface area contributed by atoms with Gasteiger partial charge in [-0.3, -0.25) is 0 Å². The summed E-state index contributed by atoms with van der Waals surface area (Å²) in [5, 5.41) is 0. The lowest BCUT2D eigenvalue weighted by molar-refractivity contribution is -0.0735. The van der Waals surface area contributed by atoms with Gasteiger partial charge >= 0.3 is 0 Å². The van der Waals surface area contributed by atoms with Crippen LogP contribution >= 0.6 is 0 Å². The fraction of sp³-hybridized carbons (Fsp3) is 1.00. The standard InChI is InChI=1S/C13H27NO3/c1-15-8-9-16-10-11-17-13(12-14)6-4-2-3-5-7-13/h2-12,14H2,1H3. The molecule has 1 fully saturated rings. The van der Waals surface area contributed by atoms with Gasteiger partial charge in [-0.1, -0.05) is 25.7 Å². The van der Waals surface area contributed by atoms with Crippen LogP contribution in [0.25, 0.3) is 0 Å². The molecule has 0 heterocycles. The Labute approximate surface area is 105 Å². The number of hydrogen-bond acceptors (Lipinski definition) is 4. The van der Waals surface area contributed by atoms with E-state index in [0.29, 0.717) is 33.0 Å². The number of methoxy groups -OCH3 is 1. The summed E-state index contributed by atoms with van der Waals surface area (Å²) in [5.74, 6) is 0. The summed E-state index contributed by atoms with van der Waals surface area (Å²) in [6, 6.07) is 0. The molecule has 1 aliphatic carbocycles. The molecule has 0 aromatic heterocycles. The van der Waals surface area contributed by atoms with Crippen molar-refractivity contribution in [3.63, 3.8) is 0 Å². The monoisotopic (exact) mass is 245 g/mol. The fourth-order valence-corrected chi connectivity index (χ4v) is 2.34. The average Bonchev–Trinajstić information content (AvgIpc) is 2.60. The quantitative estimate of drug-likeness (QED) is 0.522. The van der Waals surface area contributed by atoms with Crippen LogP contribution in [0.2, 0.25) is 0 Å². The molecule has 4 nitrogen and oxygen atoms in total. The van der Waals surface area contributed by atoms with Gasteiger partial charge in [0, 0.05) is 13.7 Å². The molecule has 17 heavy (non-hydrogen) atoms. The highest BCUT2D eigenvalue weighted by molar-refractivity contribution is 4.84. The maximum atomic E-state index is 5.99. The summed E-state index contributed by atoms with van der Waals surface area (Å²) in [7, 11) is 1.68. The van der Waals surface area contributed by atoms with Gasteiger partial charge in [0.25, 0.3) is 0 Å². The predicted octanol–water partition coefficient (Wildman–Crippen LogP) is 1.72. The molecule has 0 aliphatic heterocycles. The molecule has 0 aromatic carbocycles. The van der Waals surface area contributed by atoms with Crippen molar-refractivity contribution in [2.75, 3.05) is 40.1 Å². The van der Waals surface area contributed by atoms with Gasteiger partial charge in [-0.2, -0.15) is 0 Å². The summed E-state index contributed by atoms with van der Waals surface area (Å²) in [5.41, 5.74) is 5.80. The maximum absolute atomic E-state index is 5.99. The summed E-state index contributed by atoms with van der Waals surface area (Å²) in [6.45, 7) is 3.18. The molecule has 0 unspecified atom stereocenters. The smallest absolute Gasteiger partial charge is 0.0805 e. The van der Waals surface area contributed by atoms with E-state index in [0.717, 1.165) is 12.8 Å². The van der Waals surface area contributed by atoms with Crippen molar-refractivity contribution < 1.29 is 14.2 Å². The van der Waals surface area contributed by atoms with E-state index in [2.05, 4.69) is 0 Å². The van der Waals surface area contributed by atoms with Crippen LogP contribution < -0.4 is 5.73 Å². The van der Waals surface area contributed by atoms with Crippen LogP contribution in [0.3, 0.4) is 0 Å². The zero-order valence-corrected chi connectivity index (χ0v) is 11.1. The minimum Gasteiger partial charge on any atom is -0.382 e. The van der Waals surface area contributed by atoms with Crippen LogP contribution in [0, 0.1) is 0 Å². The van der Waals surface area contributed by atoms with Gasteiger partial charge in [0.1, 0.15) is 0 Å². The Kier molecular flexibility index (Phi) is 7.77. The van der Waals surface area contributed by atoms with Crippen LogP contribution in [0.1, 0.15) is 38.5 Å². The van der Waals surface area contributed by atoms with E-state index >= 15 is 0 Å². The maximum Gasteiger partial charge on any atom is 0.0805 e. The van der Waals surface area contributed by atoms with E-state index in [1.807, 2.05) is 0 Å². The van der Waals surface area contributed by atoms with Crippen LogP contribution in [-0.4, -0.2) is 45.7 Å². The molecule has 0 aromatic rings. The van der Waals surface area contributed by atoms with Crippen molar-refractivity contribution >= 4 is 0 Å². The Bertz CT molecular complexity index is 180. The van der Waals surface area contributed by atoms with Crippen LogP contribution in [0.15, 0.2) is 0 Å². The molecule has 1 aliphatic rings. The van der Waals surface area contributed by atoms with E-state index in [9.17, 15) is 0 Å². The molecule has 0 spiro atoms. The minimum absolute atomic E-state index is 0.0822. The second-order valence-corrected chi connectivity index (χ2v) is 4.75. The van der Waals surface area contributed by atoms with E-state index in [-0.39, 0.29) is 5.60 Å². The molecule has 4 heteroatoms. The lowest BCUT2D eigenvalue weighted by atomic mass is 9.94. The fourth-order valence-electron chi connectivity index (χ4n) is 2.34. The number of nitrogens with two attached hydrogens (primary N) is 1. The molecule has 1 rings (SSSR count). The first-order valence-corrected chi connectivity index (χ1v) is 6.74. The van der Waals surface area contributed by atoms with Crippen molar-refractivity contribution in [3.05, 3.63) is 0 Å². The third kappa shape index (κ3) is 5.82. The molecule has 1 saturated carbocycles. The first-order chi connectivity index (χ1) is 8.33. The molecule has 0 bridgehead atoms. The summed E-state index contributed by atoms with van der Waals surface area (Å²) >= 11 is 0. The van der Waals surface area contributed by atoms with Gasteiger partial charge in [0.15, 0.2) is 0 Å². The van der Waals surface area contributed by atoms with E-state index in [1.165, 1.54) is 25.7 Å². The Morgan fingerprint density at radius 1 is 0.941 bits per heavy atom. The lowest BCUT2D eigenvalue weighted by Gasteiger charge is -2.31. The van der Waals surface area contributed by atoms with Gasteiger partial charge in [-0.25, -0.2) is 0 Å². The average molecular weight is 245 g/mol. The summed E-state index contributed by atoms with van der Waals surface area (Å²) in [4.78, 5) is 0. The predicted molar refractivity (Wildman–Crippen MR) is 68.1 cm³/mol. The van der Waals surface area contributed by atoms with Crippen molar-refractivity contribution in [1.29, 1.82) is 0 Å². The molecule has 0 amide bonds. The number of ether oxygens (including phenoxy) is 3. The second-order valence-electron chi connectivity index (χ2n) is 4.75. The third-order valence-electron chi connectivity index (χ3n) is 3.45. The third-order valence-corrected chi connectivity index (χ3v) is 3.45. The molecule has 0 atom stereocenters. The van der Waals surface area contributed by atoms with Crippen molar-refractivity contribution in [2.45, 2.75) is 44.1 Å².